The van der Waals surface area contributed by atoms with Gasteiger partial charge >= 0.3 is 0 Å². The number of carbonyl (C=O) groups is 1. The SMILES string of the molecule is Cc1cn2cc(NC(=O)c3nc4ccc(C5CCN(C)C5)nc4s3)cc(F)c2n1. The Balaban J connectivity index is 1.40. The number of rotatable bonds is 3. The van der Waals surface area contributed by atoms with Gasteiger partial charge in [-0.1, -0.05) is 11.3 Å². The number of likely N-dealkylation sites (N-methyl/N-ethyl adjacent to an activating group) is 1. The molecule has 7 nitrogen and oxygen atoms in total. The molecule has 148 valence electrons. The number of likely N-dealkylation sites (tertiary alicyclic amines) is 1. The number of imidazole rings is 1. The van der Waals surface area contributed by atoms with Crippen LogP contribution in [0.25, 0.3) is 16.0 Å². The van der Waals surface area contributed by atoms with Gasteiger partial charge < -0.3 is 14.6 Å². The van der Waals surface area contributed by atoms with Gasteiger partial charge in [0.25, 0.3) is 5.91 Å². The van der Waals surface area contributed by atoms with E-state index in [9.17, 15) is 9.18 Å². The van der Waals surface area contributed by atoms with Crippen LogP contribution in [-0.4, -0.2) is 50.3 Å². The number of thiazole rings is 1. The minimum Gasteiger partial charge on any atom is -0.318 e. The van der Waals surface area contributed by atoms with Crippen LogP contribution < -0.4 is 5.32 Å². The predicted octanol–water partition coefficient (Wildman–Crippen LogP) is 3.46. The second-order valence-electron chi connectivity index (χ2n) is 7.47. The molecule has 4 aromatic rings. The average Bonchev–Trinajstić information content (AvgIpc) is 3.38. The van der Waals surface area contributed by atoms with Gasteiger partial charge in [-0.2, -0.15) is 0 Å². The number of nitrogens with zero attached hydrogens (tertiary/aromatic N) is 5. The number of aromatic nitrogens is 4. The quantitative estimate of drug-likeness (QED) is 0.560. The molecule has 9 heteroatoms. The molecule has 0 saturated carbocycles. The van der Waals surface area contributed by atoms with Crippen molar-refractivity contribution in [1.82, 2.24) is 24.3 Å². The fourth-order valence-corrected chi connectivity index (χ4v) is 4.60. The van der Waals surface area contributed by atoms with Crippen molar-refractivity contribution in [3.63, 3.8) is 0 Å². The summed E-state index contributed by atoms with van der Waals surface area (Å²) in [5.74, 6) is -0.462. The Morgan fingerprint density at radius 2 is 2.14 bits per heavy atom. The number of hydrogen-bond acceptors (Lipinski definition) is 6. The number of pyridine rings is 2. The fraction of sp³-hybridized carbons (Fsp3) is 0.300. The third kappa shape index (κ3) is 3.36. The molecular weight excluding hydrogens is 391 g/mol. The zero-order valence-electron chi connectivity index (χ0n) is 16.0. The van der Waals surface area contributed by atoms with Crippen LogP contribution in [0.5, 0.6) is 0 Å². The summed E-state index contributed by atoms with van der Waals surface area (Å²) in [4.78, 5) is 29.0. The first-order valence-corrected chi connectivity index (χ1v) is 10.2. The van der Waals surface area contributed by atoms with E-state index in [4.69, 9.17) is 4.98 Å². The van der Waals surface area contributed by atoms with E-state index in [1.807, 2.05) is 12.1 Å². The molecule has 1 atom stereocenters. The molecule has 1 fully saturated rings. The van der Waals surface area contributed by atoms with Gasteiger partial charge in [0.15, 0.2) is 16.5 Å². The van der Waals surface area contributed by atoms with Gasteiger partial charge in [0.05, 0.1) is 11.4 Å². The Labute approximate surface area is 170 Å². The Kier molecular flexibility index (Phi) is 4.29. The smallest absolute Gasteiger partial charge is 0.284 e. The van der Waals surface area contributed by atoms with Crippen molar-refractivity contribution in [3.05, 3.63) is 52.8 Å². The lowest BCUT2D eigenvalue weighted by Crippen LogP contribution is -2.13. The van der Waals surface area contributed by atoms with Crippen LogP contribution in [0.15, 0.2) is 30.6 Å². The van der Waals surface area contributed by atoms with E-state index < -0.39 is 5.82 Å². The summed E-state index contributed by atoms with van der Waals surface area (Å²) >= 11 is 1.25. The molecule has 5 heterocycles. The number of aryl methyl sites for hydroxylation is 1. The molecule has 0 radical (unpaired) electrons. The summed E-state index contributed by atoms with van der Waals surface area (Å²) in [5, 5.41) is 3.02. The van der Waals surface area contributed by atoms with E-state index in [0.29, 0.717) is 27.8 Å². The highest BCUT2D eigenvalue weighted by molar-refractivity contribution is 7.20. The van der Waals surface area contributed by atoms with E-state index in [1.165, 1.54) is 17.4 Å². The number of carbonyl (C=O) groups excluding carboxylic acids is 1. The highest BCUT2D eigenvalue weighted by atomic mass is 32.1. The molecule has 1 unspecified atom stereocenters. The van der Waals surface area contributed by atoms with Gasteiger partial charge in [0, 0.05) is 36.6 Å². The molecule has 29 heavy (non-hydrogen) atoms. The molecule has 5 rings (SSSR count). The number of anilines is 1. The Hall–Kier alpha value is -2.91. The van der Waals surface area contributed by atoms with Crippen molar-refractivity contribution >= 4 is 38.9 Å². The van der Waals surface area contributed by atoms with Gasteiger partial charge in [-0.25, -0.2) is 19.3 Å². The van der Waals surface area contributed by atoms with Crippen LogP contribution in [0.4, 0.5) is 10.1 Å². The first kappa shape index (κ1) is 18.1. The lowest BCUT2D eigenvalue weighted by Gasteiger charge is -2.09. The van der Waals surface area contributed by atoms with Crippen molar-refractivity contribution in [3.8, 4) is 0 Å². The van der Waals surface area contributed by atoms with Gasteiger partial charge in [-0.15, -0.1) is 0 Å². The number of nitrogens with one attached hydrogen (secondary N) is 1. The van der Waals surface area contributed by atoms with Gasteiger partial charge in [0.2, 0.25) is 0 Å². The maximum absolute atomic E-state index is 14.2. The Morgan fingerprint density at radius 3 is 2.93 bits per heavy atom. The highest BCUT2D eigenvalue weighted by Gasteiger charge is 2.23. The molecule has 0 aliphatic carbocycles. The topological polar surface area (TPSA) is 75.4 Å². The van der Waals surface area contributed by atoms with E-state index in [1.54, 1.807) is 23.7 Å². The largest absolute Gasteiger partial charge is 0.318 e. The van der Waals surface area contributed by atoms with Crippen molar-refractivity contribution < 1.29 is 9.18 Å². The van der Waals surface area contributed by atoms with E-state index in [2.05, 4.69) is 27.2 Å². The fourth-order valence-electron chi connectivity index (χ4n) is 3.76. The lowest BCUT2D eigenvalue weighted by atomic mass is 10.0. The molecule has 0 spiro atoms. The first-order valence-electron chi connectivity index (χ1n) is 9.38. The molecule has 1 amide bonds. The minimum atomic E-state index is -0.493. The monoisotopic (exact) mass is 410 g/mol. The third-order valence-corrected chi connectivity index (χ3v) is 6.13. The van der Waals surface area contributed by atoms with Crippen molar-refractivity contribution in [2.45, 2.75) is 19.3 Å². The predicted molar refractivity (Wildman–Crippen MR) is 110 cm³/mol. The van der Waals surface area contributed by atoms with Crippen molar-refractivity contribution in [1.29, 1.82) is 0 Å². The molecular formula is C20H19FN6OS. The molecule has 0 bridgehead atoms. The second kappa shape index (κ2) is 6.85. The van der Waals surface area contributed by atoms with E-state index in [0.717, 1.165) is 30.0 Å². The summed E-state index contributed by atoms with van der Waals surface area (Å²) in [5.41, 5.74) is 3.02. The third-order valence-electron chi connectivity index (χ3n) is 5.17. The molecule has 1 aliphatic heterocycles. The highest BCUT2D eigenvalue weighted by Crippen LogP contribution is 2.28. The molecule has 4 aromatic heterocycles. The number of amides is 1. The van der Waals surface area contributed by atoms with Crippen molar-refractivity contribution in [2.75, 3.05) is 25.5 Å². The van der Waals surface area contributed by atoms with Crippen LogP contribution in [0.1, 0.15) is 33.5 Å². The van der Waals surface area contributed by atoms with Crippen molar-refractivity contribution in [2.24, 2.45) is 0 Å². The zero-order valence-corrected chi connectivity index (χ0v) is 16.8. The maximum Gasteiger partial charge on any atom is 0.284 e. The minimum absolute atomic E-state index is 0.231. The summed E-state index contributed by atoms with van der Waals surface area (Å²) in [6.45, 7) is 3.85. The normalized spacial score (nSPS) is 17.4. The van der Waals surface area contributed by atoms with Crippen LogP contribution in [0.2, 0.25) is 0 Å². The maximum atomic E-state index is 14.2. The summed E-state index contributed by atoms with van der Waals surface area (Å²) in [7, 11) is 2.11. The van der Waals surface area contributed by atoms with Crippen LogP contribution in [-0.2, 0) is 0 Å². The standard InChI is InChI=1S/C20H19FN6OS/c1-11-8-27-10-13(7-14(21)17(27)22-11)23-18(28)20-25-16-4-3-15(24-19(16)29-20)12-5-6-26(2)9-12/h3-4,7-8,10,12H,5-6,9H2,1-2H3,(H,23,28). The average molecular weight is 410 g/mol. The molecule has 0 aromatic carbocycles. The van der Waals surface area contributed by atoms with Crippen LogP contribution in [0, 0.1) is 12.7 Å². The number of hydrogen-bond donors (Lipinski definition) is 1. The van der Waals surface area contributed by atoms with E-state index in [-0.39, 0.29) is 11.6 Å². The molecule has 1 N–H and O–H groups in total. The lowest BCUT2D eigenvalue weighted by molar-refractivity contribution is 0.102. The van der Waals surface area contributed by atoms with E-state index >= 15 is 0 Å². The number of fused-ring (bicyclic) bond motifs is 2. The Morgan fingerprint density at radius 1 is 1.28 bits per heavy atom. The Bertz CT molecular complexity index is 1250. The van der Waals surface area contributed by atoms with Gasteiger partial charge in [-0.05, 0) is 39.1 Å². The van der Waals surface area contributed by atoms with Gasteiger partial charge in [0.1, 0.15) is 10.3 Å². The summed E-state index contributed by atoms with van der Waals surface area (Å²) in [6, 6.07) is 5.18. The van der Waals surface area contributed by atoms with Gasteiger partial charge in [-0.3, -0.25) is 4.79 Å². The van der Waals surface area contributed by atoms with Crippen LogP contribution in [0.3, 0.4) is 0 Å². The molecule has 1 aliphatic rings. The summed E-state index contributed by atoms with van der Waals surface area (Å²) in [6.07, 6.45) is 4.43. The molecule has 1 saturated heterocycles. The number of halogens is 1. The second-order valence-corrected chi connectivity index (χ2v) is 8.45. The summed E-state index contributed by atoms with van der Waals surface area (Å²) < 4.78 is 15.8. The zero-order chi connectivity index (χ0) is 20.1. The first-order chi connectivity index (χ1) is 14.0. The van der Waals surface area contributed by atoms with Crippen LogP contribution >= 0.6 is 11.3 Å².